The van der Waals surface area contributed by atoms with E-state index in [9.17, 15) is 10.00 Å². The maximum absolute atomic E-state index is 12.0. The van der Waals surface area contributed by atoms with Gasteiger partial charge in [0, 0.05) is 0 Å². The summed E-state index contributed by atoms with van der Waals surface area (Å²) in [5, 5.41) is 9.79. The Kier molecular flexibility index (Phi) is 5.28. The molecule has 6 heteroatoms. The van der Waals surface area contributed by atoms with Gasteiger partial charge in [0.05, 0.1) is 19.8 Å². The number of ether oxygens (including phenoxy) is 1. The van der Waals surface area contributed by atoms with Gasteiger partial charge in [0.15, 0.2) is 6.10 Å². The molecule has 0 saturated carbocycles. The largest absolute Gasteiger partial charge is 0.631 e. The second-order valence-corrected chi connectivity index (χ2v) is 6.48. The lowest BCUT2D eigenvalue weighted by Gasteiger charge is -2.21. The van der Waals surface area contributed by atoms with Crippen LogP contribution in [0.4, 0.5) is 0 Å². The van der Waals surface area contributed by atoms with Crippen molar-refractivity contribution in [2.45, 2.75) is 25.7 Å². The first-order valence-corrected chi connectivity index (χ1v) is 8.07. The molecule has 3 atom stereocenters. The number of benzene rings is 1. The van der Waals surface area contributed by atoms with Gasteiger partial charge in [-0.05, 0) is 12.5 Å². The highest BCUT2D eigenvalue weighted by Crippen LogP contribution is 2.58. The van der Waals surface area contributed by atoms with E-state index in [0.717, 1.165) is 5.56 Å². The highest BCUT2D eigenvalue weighted by atomic mass is 31.2. The van der Waals surface area contributed by atoms with Crippen LogP contribution in [0.3, 0.4) is 0 Å². The van der Waals surface area contributed by atoms with E-state index in [1.807, 2.05) is 30.3 Å². The monoisotopic (exact) mass is 286 g/mol. The van der Waals surface area contributed by atoms with Crippen LogP contribution in [0.1, 0.15) is 12.5 Å². The van der Waals surface area contributed by atoms with E-state index in [-0.39, 0.29) is 12.8 Å². The predicted molar refractivity (Wildman–Crippen MR) is 70.4 cm³/mol. The SMILES string of the molecule is CCO[P+]1([O-])C[C@@H](O)[C@H](COCc2ccccc2)O1. The molecule has 0 aliphatic carbocycles. The molecule has 1 unspecified atom stereocenters. The Bertz CT molecular complexity index is 388. The lowest BCUT2D eigenvalue weighted by atomic mass is 10.2. The topological polar surface area (TPSA) is 71.0 Å². The number of hydrogen-bond donors (Lipinski definition) is 1. The summed E-state index contributed by atoms with van der Waals surface area (Å²) in [6, 6.07) is 9.71. The number of rotatable bonds is 6. The molecule has 1 aromatic carbocycles. The lowest BCUT2D eigenvalue weighted by molar-refractivity contribution is -0.218. The molecule has 0 aromatic heterocycles. The quantitative estimate of drug-likeness (QED) is 0.794. The number of aliphatic hydroxyl groups excluding tert-OH is 1. The fourth-order valence-corrected chi connectivity index (χ4v) is 3.91. The Labute approximate surface area is 113 Å². The van der Waals surface area contributed by atoms with Crippen LogP contribution < -0.4 is 4.89 Å². The van der Waals surface area contributed by atoms with Crippen molar-refractivity contribution in [2.24, 2.45) is 0 Å². The molecule has 0 bridgehead atoms. The van der Waals surface area contributed by atoms with Crippen LogP contribution in [0.25, 0.3) is 0 Å². The second kappa shape index (κ2) is 6.75. The highest BCUT2D eigenvalue weighted by Gasteiger charge is 2.48. The van der Waals surface area contributed by atoms with Crippen molar-refractivity contribution in [3.8, 4) is 0 Å². The zero-order valence-corrected chi connectivity index (χ0v) is 11.8. The normalized spacial score (nSPS) is 30.7. The van der Waals surface area contributed by atoms with Gasteiger partial charge in [0.2, 0.25) is 7.94 Å². The van der Waals surface area contributed by atoms with Crippen LogP contribution in [0.5, 0.6) is 0 Å². The molecule has 1 N–H and O–H groups in total. The van der Waals surface area contributed by atoms with Gasteiger partial charge in [-0.3, -0.25) is 0 Å². The van der Waals surface area contributed by atoms with Crippen molar-refractivity contribution in [1.29, 1.82) is 0 Å². The summed E-state index contributed by atoms with van der Waals surface area (Å²) in [5.74, 6) is 0. The average Bonchev–Trinajstić information content (AvgIpc) is 2.66. The van der Waals surface area contributed by atoms with Gasteiger partial charge in [0.25, 0.3) is 0 Å². The summed E-state index contributed by atoms with van der Waals surface area (Å²) in [6.07, 6.45) is -1.34. The molecule has 1 heterocycles. The lowest BCUT2D eigenvalue weighted by Crippen LogP contribution is -2.27. The molecule has 1 aromatic rings. The molecule has 2 rings (SSSR count). The van der Waals surface area contributed by atoms with Crippen LogP contribution in [-0.2, 0) is 20.4 Å². The van der Waals surface area contributed by atoms with E-state index in [1.165, 1.54) is 0 Å². The van der Waals surface area contributed by atoms with Gasteiger partial charge in [-0.2, -0.15) is 0 Å². The van der Waals surface area contributed by atoms with Crippen LogP contribution >= 0.6 is 7.94 Å². The first-order valence-electron chi connectivity index (χ1n) is 6.35. The third-order valence-corrected chi connectivity index (χ3v) is 4.92. The summed E-state index contributed by atoms with van der Waals surface area (Å²) in [7, 11) is -3.12. The molecule has 0 spiro atoms. The summed E-state index contributed by atoms with van der Waals surface area (Å²) >= 11 is 0. The summed E-state index contributed by atoms with van der Waals surface area (Å²) in [6.45, 7) is 2.69. The third kappa shape index (κ3) is 4.21. The Balaban J connectivity index is 1.77. The maximum Gasteiger partial charge on any atom is 0.241 e. The molecule has 0 amide bonds. The Morgan fingerprint density at radius 1 is 1.42 bits per heavy atom. The second-order valence-electron chi connectivity index (χ2n) is 4.42. The minimum absolute atomic E-state index is 0.0419. The van der Waals surface area contributed by atoms with E-state index in [0.29, 0.717) is 13.2 Å². The molecule has 0 radical (unpaired) electrons. The van der Waals surface area contributed by atoms with E-state index in [2.05, 4.69) is 0 Å². The van der Waals surface area contributed by atoms with Crippen LogP contribution in [0, 0.1) is 0 Å². The highest BCUT2D eigenvalue weighted by molar-refractivity contribution is 7.59. The van der Waals surface area contributed by atoms with Crippen molar-refractivity contribution in [3.63, 3.8) is 0 Å². The first-order chi connectivity index (χ1) is 9.13. The molecular formula is C13H19O5P. The first kappa shape index (κ1) is 14.9. The number of hydrogen-bond acceptors (Lipinski definition) is 5. The van der Waals surface area contributed by atoms with Gasteiger partial charge in [-0.15, -0.1) is 0 Å². The van der Waals surface area contributed by atoms with E-state index in [4.69, 9.17) is 13.8 Å². The van der Waals surface area contributed by atoms with Crippen molar-refractivity contribution in [1.82, 2.24) is 0 Å². The molecule has 1 fully saturated rings. The molecule has 19 heavy (non-hydrogen) atoms. The van der Waals surface area contributed by atoms with Crippen LogP contribution in [0.2, 0.25) is 0 Å². The predicted octanol–water partition coefficient (Wildman–Crippen LogP) is 1.12. The van der Waals surface area contributed by atoms with Crippen molar-refractivity contribution in [2.75, 3.05) is 19.4 Å². The molecular weight excluding hydrogens is 267 g/mol. The Hall–Kier alpha value is -0.550. The summed E-state index contributed by atoms with van der Waals surface area (Å²) in [5.41, 5.74) is 1.04. The number of aliphatic hydroxyl groups is 1. The van der Waals surface area contributed by atoms with Gasteiger partial charge in [0.1, 0.15) is 12.3 Å². The van der Waals surface area contributed by atoms with Gasteiger partial charge in [-0.25, -0.2) is 9.05 Å². The van der Waals surface area contributed by atoms with Gasteiger partial charge >= 0.3 is 0 Å². The standard InChI is InChI=1S/C13H19O5P/c1-2-17-19(15)10-12(14)13(18-19)9-16-8-11-6-4-3-5-7-11/h3-7,12-14H,2,8-10H2,1H3/t12-,13+,19?/m1/s1. The zero-order chi connectivity index (χ0) is 13.7. The van der Waals surface area contributed by atoms with E-state index < -0.39 is 20.2 Å². The Morgan fingerprint density at radius 3 is 2.84 bits per heavy atom. The fraction of sp³-hybridized carbons (Fsp3) is 0.538. The van der Waals surface area contributed by atoms with E-state index in [1.54, 1.807) is 6.92 Å². The van der Waals surface area contributed by atoms with Crippen molar-refractivity contribution < 1.29 is 23.8 Å². The summed E-state index contributed by atoms with van der Waals surface area (Å²) < 4.78 is 15.9. The zero-order valence-electron chi connectivity index (χ0n) is 10.9. The van der Waals surface area contributed by atoms with E-state index >= 15 is 0 Å². The van der Waals surface area contributed by atoms with Gasteiger partial charge < -0.3 is 14.7 Å². The van der Waals surface area contributed by atoms with Crippen molar-refractivity contribution in [3.05, 3.63) is 35.9 Å². The van der Waals surface area contributed by atoms with Crippen LogP contribution in [-0.4, -0.2) is 36.7 Å². The minimum atomic E-state index is -3.12. The molecule has 1 aliphatic rings. The molecule has 5 nitrogen and oxygen atoms in total. The molecule has 1 aliphatic heterocycles. The third-order valence-electron chi connectivity index (χ3n) is 2.86. The smallest absolute Gasteiger partial charge is 0.241 e. The van der Waals surface area contributed by atoms with Crippen molar-refractivity contribution >= 4 is 7.94 Å². The minimum Gasteiger partial charge on any atom is -0.631 e. The van der Waals surface area contributed by atoms with Crippen LogP contribution in [0.15, 0.2) is 30.3 Å². The average molecular weight is 286 g/mol. The molecule has 1 saturated heterocycles. The maximum atomic E-state index is 12.0. The molecule has 106 valence electrons. The Morgan fingerprint density at radius 2 is 2.16 bits per heavy atom. The summed E-state index contributed by atoms with van der Waals surface area (Å²) in [4.78, 5) is 12.0. The fourth-order valence-electron chi connectivity index (χ4n) is 1.95. The van der Waals surface area contributed by atoms with Gasteiger partial charge in [-0.1, -0.05) is 30.3 Å².